The molecule has 4 nitrogen and oxygen atoms in total. The monoisotopic (exact) mass is 201 g/mol. The van der Waals surface area contributed by atoms with Crippen LogP contribution in [0.4, 0.5) is 0 Å². The molecule has 2 atom stereocenters. The third kappa shape index (κ3) is 2.96. The van der Waals surface area contributed by atoms with E-state index in [0.717, 1.165) is 0 Å². The first kappa shape index (κ1) is 11.5. The van der Waals surface area contributed by atoms with Gasteiger partial charge in [-0.3, -0.25) is 10.1 Å². The van der Waals surface area contributed by atoms with E-state index in [2.05, 4.69) is 10.1 Å². The van der Waals surface area contributed by atoms with Gasteiger partial charge in [0.25, 0.3) is 0 Å². The van der Waals surface area contributed by atoms with Crippen LogP contribution in [0.1, 0.15) is 27.2 Å². The molecule has 0 radical (unpaired) electrons. The number of hydrogen-bond acceptors (Lipinski definition) is 4. The molecule has 0 aromatic rings. The van der Waals surface area contributed by atoms with Crippen molar-refractivity contribution < 1.29 is 14.3 Å². The number of esters is 1. The van der Waals surface area contributed by atoms with Gasteiger partial charge >= 0.3 is 5.97 Å². The summed E-state index contributed by atoms with van der Waals surface area (Å²) in [6.45, 7) is 6.65. The van der Waals surface area contributed by atoms with Crippen molar-refractivity contribution in [1.82, 2.24) is 5.32 Å². The fraction of sp³-hybridized carbons (Fsp3) is 0.900. The van der Waals surface area contributed by atoms with Crippen LogP contribution in [0.5, 0.6) is 0 Å². The molecule has 0 spiro atoms. The van der Waals surface area contributed by atoms with E-state index in [1.807, 2.05) is 20.8 Å². The molecule has 1 rings (SSSR count). The Balaban J connectivity index is 2.39. The Hall–Kier alpha value is -0.610. The summed E-state index contributed by atoms with van der Waals surface area (Å²) in [4.78, 5) is 11.0. The maximum absolute atomic E-state index is 11.0. The van der Waals surface area contributed by atoms with Crippen molar-refractivity contribution in [3.05, 3.63) is 0 Å². The fourth-order valence-corrected chi connectivity index (χ4v) is 1.62. The van der Waals surface area contributed by atoms with Crippen LogP contribution in [0.2, 0.25) is 0 Å². The molecule has 1 fully saturated rings. The number of nitrogens with one attached hydrogen (secondary N) is 1. The Morgan fingerprint density at radius 3 is 2.79 bits per heavy atom. The molecule has 2 unspecified atom stereocenters. The molecule has 0 aliphatic carbocycles. The lowest BCUT2D eigenvalue weighted by Gasteiger charge is -2.21. The third-order valence-electron chi connectivity index (χ3n) is 2.56. The SMILES string of the molecule is COC(=O)CC(C)C1COC(C)(C)N1. The topological polar surface area (TPSA) is 47.6 Å². The Kier molecular flexibility index (Phi) is 3.50. The van der Waals surface area contributed by atoms with Gasteiger partial charge in [-0.25, -0.2) is 0 Å². The molecule has 0 saturated carbocycles. The average Bonchev–Trinajstić information content (AvgIpc) is 2.46. The summed E-state index contributed by atoms with van der Waals surface area (Å²) in [5.41, 5.74) is -0.269. The lowest BCUT2D eigenvalue weighted by Crippen LogP contribution is -2.41. The molecule has 1 aliphatic rings. The minimum atomic E-state index is -0.269. The standard InChI is InChI=1S/C10H19NO3/c1-7(5-9(12)13-4)8-6-14-10(2,3)11-8/h7-8,11H,5-6H2,1-4H3. The van der Waals surface area contributed by atoms with Crippen molar-refractivity contribution in [2.75, 3.05) is 13.7 Å². The molecule has 1 heterocycles. The zero-order chi connectivity index (χ0) is 10.8. The second-order valence-corrected chi connectivity index (χ2v) is 4.33. The quantitative estimate of drug-likeness (QED) is 0.689. The summed E-state index contributed by atoms with van der Waals surface area (Å²) in [5, 5.41) is 3.33. The fourth-order valence-electron chi connectivity index (χ4n) is 1.62. The first-order valence-electron chi connectivity index (χ1n) is 4.93. The molecule has 0 bridgehead atoms. The molecule has 0 aromatic heterocycles. The van der Waals surface area contributed by atoms with E-state index >= 15 is 0 Å². The molecular weight excluding hydrogens is 182 g/mol. The van der Waals surface area contributed by atoms with Crippen LogP contribution in [0.25, 0.3) is 0 Å². The van der Waals surface area contributed by atoms with Crippen molar-refractivity contribution in [2.24, 2.45) is 5.92 Å². The van der Waals surface area contributed by atoms with Gasteiger partial charge in [0.05, 0.1) is 13.7 Å². The lowest BCUT2D eigenvalue weighted by atomic mass is 9.99. The van der Waals surface area contributed by atoms with Crippen LogP contribution in [-0.2, 0) is 14.3 Å². The van der Waals surface area contributed by atoms with Crippen molar-refractivity contribution in [1.29, 1.82) is 0 Å². The first-order valence-corrected chi connectivity index (χ1v) is 4.93. The summed E-state index contributed by atoms with van der Waals surface area (Å²) < 4.78 is 10.2. The predicted octanol–water partition coefficient (Wildman–Crippen LogP) is 0.910. The molecule has 4 heteroatoms. The molecule has 1 saturated heterocycles. The largest absolute Gasteiger partial charge is 0.469 e. The van der Waals surface area contributed by atoms with Gasteiger partial charge in [-0.05, 0) is 19.8 Å². The van der Waals surface area contributed by atoms with E-state index in [-0.39, 0.29) is 23.7 Å². The Morgan fingerprint density at radius 2 is 2.36 bits per heavy atom. The van der Waals surface area contributed by atoms with Gasteiger partial charge in [0.1, 0.15) is 5.72 Å². The van der Waals surface area contributed by atoms with Crippen LogP contribution in [0, 0.1) is 5.92 Å². The van der Waals surface area contributed by atoms with Crippen molar-refractivity contribution in [3.63, 3.8) is 0 Å². The normalized spacial score (nSPS) is 27.3. The number of carbonyl (C=O) groups is 1. The minimum absolute atomic E-state index is 0.163. The molecule has 0 aromatic carbocycles. The van der Waals surface area contributed by atoms with Gasteiger partial charge < -0.3 is 9.47 Å². The number of methoxy groups -OCH3 is 1. The number of rotatable bonds is 3. The van der Waals surface area contributed by atoms with Crippen LogP contribution < -0.4 is 5.32 Å². The van der Waals surface area contributed by atoms with Crippen molar-refractivity contribution in [2.45, 2.75) is 39.0 Å². The van der Waals surface area contributed by atoms with Gasteiger partial charge in [-0.15, -0.1) is 0 Å². The van der Waals surface area contributed by atoms with E-state index < -0.39 is 0 Å². The van der Waals surface area contributed by atoms with Crippen LogP contribution in [0.15, 0.2) is 0 Å². The van der Waals surface area contributed by atoms with Gasteiger partial charge in [-0.2, -0.15) is 0 Å². The minimum Gasteiger partial charge on any atom is -0.469 e. The maximum Gasteiger partial charge on any atom is 0.305 e. The second kappa shape index (κ2) is 4.28. The number of hydrogen-bond donors (Lipinski definition) is 1. The van der Waals surface area contributed by atoms with Crippen molar-refractivity contribution >= 4 is 5.97 Å². The predicted molar refractivity (Wildman–Crippen MR) is 52.8 cm³/mol. The zero-order valence-corrected chi connectivity index (χ0v) is 9.29. The van der Waals surface area contributed by atoms with E-state index in [0.29, 0.717) is 13.0 Å². The highest BCUT2D eigenvalue weighted by molar-refractivity contribution is 5.69. The molecule has 82 valence electrons. The van der Waals surface area contributed by atoms with Crippen LogP contribution in [0.3, 0.4) is 0 Å². The highest BCUT2D eigenvalue weighted by Gasteiger charge is 2.34. The summed E-state index contributed by atoms with van der Waals surface area (Å²) in [6, 6.07) is 0.240. The van der Waals surface area contributed by atoms with Gasteiger partial charge in [-0.1, -0.05) is 6.92 Å². The Bertz CT molecular complexity index is 215. The summed E-state index contributed by atoms with van der Waals surface area (Å²) >= 11 is 0. The highest BCUT2D eigenvalue weighted by atomic mass is 16.5. The third-order valence-corrected chi connectivity index (χ3v) is 2.56. The van der Waals surface area contributed by atoms with E-state index in [1.165, 1.54) is 7.11 Å². The van der Waals surface area contributed by atoms with Crippen LogP contribution in [-0.4, -0.2) is 31.5 Å². The highest BCUT2D eigenvalue weighted by Crippen LogP contribution is 2.21. The Labute approximate surface area is 85.0 Å². The second-order valence-electron chi connectivity index (χ2n) is 4.33. The molecule has 1 aliphatic heterocycles. The zero-order valence-electron chi connectivity index (χ0n) is 9.29. The Morgan fingerprint density at radius 1 is 1.71 bits per heavy atom. The molecule has 1 N–H and O–H groups in total. The summed E-state index contributed by atoms with van der Waals surface area (Å²) in [6.07, 6.45) is 0.438. The van der Waals surface area contributed by atoms with E-state index in [4.69, 9.17) is 4.74 Å². The maximum atomic E-state index is 11.0. The molecular formula is C10H19NO3. The van der Waals surface area contributed by atoms with Crippen molar-refractivity contribution in [3.8, 4) is 0 Å². The van der Waals surface area contributed by atoms with Crippen LogP contribution >= 0.6 is 0 Å². The molecule has 14 heavy (non-hydrogen) atoms. The smallest absolute Gasteiger partial charge is 0.305 e. The molecule has 0 amide bonds. The average molecular weight is 201 g/mol. The number of carbonyl (C=O) groups excluding carboxylic acids is 1. The summed E-state index contributed by atoms with van der Waals surface area (Å²) in [7, 11) is 1.41. The lowest BCUT2D eigenvalue weighted by molar-refractivity contribution is -0.141. The van der Waals surface area contributed by atoms with Gasteiger partial charge in [0.15, 0.2) is 0 Å². The first-order chi connectivity index (χ1) is 6.44. The number of ether oxygens (including phenoxy) is 2. The summed E-state index contributed by atoms with van der Waals surface area (Å²) in [5.74, 6) is 0.0771. The van der Waals surface area contributed by atoms with Gasteiger partial charge in [0.2, 0.25) is 0 Å². The van der Waals surface area contributed by atoms with E-state index in [9.17, 15) is 4.79 Å². The van der Waals surface area contributed by atoms with E-state index in [1.54, 1.807) is 0 Å². The van der Waals surface area contributed by atoms with Gasteiger partial charge in [0, 0.05) is 12.5 Å².